The van der Waals surface area contributed by atoms with Crippen LogP contribution in [-0.4, -0.2) is 74.5 Å². The summed E-state index contributed by atoms with van der Waals surface area (Å²) < 4.78 is 10.2. The number of alkyl carbamates (subject to hydrolysis) is 1. The molecule has 2 aliphatic rings. The Bertz CT molecular complexity index is 998. The number of urea groups is 1. The van der Waals surface area contributed by atoms with Crippen LogP contribution in [0.3, 0.4) is 0 Å². The summed E-state index contributed by atoms with van der Waals surface area (Å²) in [5.41, 5.74) is 1.29. The number of nitrogens with zero attached hydrogens (tertiary/aromatic N) is 2. The van der Waals surface area contributed by atoms with Crippen LogP contribution in [0.2, 0.25) is 0 Å². The Morgan fingerprint density at radius 3 is 2.39 bits per heavy atom. The fraction of sp³-hybridized carbons (Fsp3) is 0.621. The van der Waals surface area contributed by atoms with Crippen LogP contribution in [0.5, 0.6) is 0 Å². The number of hydrogen-bond donors (Lipinski definition) is 2. The van der Waals surface area contributed by atoms with E-state index in [1.165, 1.54) is 5.69 Å². The molecule has 2 fully saturated rings. The summed E-state index contributed by atoms with van der Waals surface area (Å²) in [5.74, 6) is -0.506. The summed E-state index contributed by atoms with van der Waals surface area (Å²) in [7, 11) is 0. The first-order valence-corrected chi connectivity index (χ1v) is 13.5. The molecule has 1 aliphatic carbocycles. The highest BCUT2D eigenvalue weighted by Gasteiger charge is 2.42. The van der Waals surface area contributed by atoms with Crippen LogP contribution in [0.15, 0.2) is 42.5 Å². The molecule has 3 unspecified atom stereocenters. The van der Waals surface area contributed by atoms with Gasteiger partial charge in [-0.25, -0.2) is 14.4 Å². The molecular weight excluding hydrogens is 484 g/mol. The number of ether oxygens (including phenoxy) is 2. The summed E-state index contributed by atoms with van der Waals surface area (Å²) in [4.78, 5) is 41.2. The van der Waals surface area contributed by atoms with Gasteiger partial charge in [0, 0.05) is 49.5 Å². The van der Waals surface area contributed by atoms with Gasteiger partial charge in [-0.2, -0.15) is 0 Å². The zero-order valence-electron chi connectivity index (χ0n) is 23.5. The first-order chi connectivity index (χ1) is 17.9. The molecule has 1 saturated heterocycles. The van der Waals surface area contributed by atoms with Crippen LogP contribution in [0.4, 0.5) is 15.3 Å². The maximum atomic E-state index is 13.2. The highest BCUT2D eigenvalue weighted by atomic mass is 16.6. The molecule has 1 aliphatic heterocycles. The second kappa shape index (κ2) is 12.5. The number of rotatable bonds is 8. The number of nitrogens with one attached hydrogen (secondary N) is 2. The van der Waals surface area contributed by atoms with Gasteiger partial charge in [0.05, 0.1) is 0 Å². The molecular formula is C29H44N4O5. The van der Waals surface area contributed by atoms with Gasteiger partial charge in [-0.15, -0.1) is 0 Å². The first kappa shape index (κ1) is 29.3. The summed E-state index contributed by atoms with van der Waals surface area (Å²) >= 11 is 0. The summed E-state index contributed by atoms with van der Waals surface area (Å²) in [5, 5.41) is 6.16. The zero-order valence-corrected chi connectivity index (χ0v) is 23.5. The van der Waals surface area contributed by atoms with Crippen molar-refractivity contribution >= 4 is 23.8 Å². The number of anilines is 1. The minimum absolute atomic E-state index is 0.0126. The van der Waals surface area contributed by atoms with Crippen molar-refractivity contribution in [2.24, 2.45) is 10.8 Å². The van der Waals surface area contributed by atoms with Crippen LogP contribution < -0.4 is 15.5 Å². The van der Waals surface area contributed by atoms with Crippen molar-refractivity contribution in [1.29, 1.82) is 0 Å². The van der Waals surface area contributed by atoms with Crippen molar-refractivity contribution in [3.05, 3.63) is 42.5 Å². The SMILES string of the molecule is C=C(C)C(=O)OCCOC(=O)NC1CC(C)(C)CC(C)(CNC(=O)N2CCN(c3ccccc3)CC2C)C1. The van der Waals surface area contributed by atoms with Crippen molar-refractivity contribution in [3.8, 4) is 0 Å². The molecule has 3 rings (SSSR count). The third-order valence-corrected chi connectivity index (χ3v) is 7.34. The van der Waals surface area contributed by atoms with Gasteiger partial charge in [0.15, 0.2) is 0 Å². The minimum atomic E-state index is -0.532. The largest absolute Gasteiger partial charge is 0.459 e. The lowest BCUT2D eigenvalue weighted by atomic mass is 9.62. The van der Waals surface area contributed by atoms with E-state index in [0.717, 1.165) is 32.4 Å². The predicted octanol–water partition coefficient (Wildman–Crippen LogP) is 4.34. The molecule has 3 amide bonds. The van der Waals surface area contributed by atoms with Gasteiger partial charge in [0.2, 0.25) is 0 Å². The highest BCUT2D eigenvalue weighted by Crippen LogP contribution is 2.45. The van der Waals surface area contributed by atoms with E-state index in [4.69, 9.17) is 9.47 Å². The third-order valence-electron chi connectivity index (χ3n) is 7.34. The molecule has 1 saturated carbocycles. The van der Waals surface area contributed by atoms with E-state index in [9.17, 15) is 14.4 Å². The Balaban J connectivity index is 1.48. The fourth-order valence-electron chi connectivity index (χ4n) is 5.99. The van der Waals surface area contributed by atoms with E-state index in [0.29, 0.717) is 18.7 Å². The van der Waals surface area contributed by atoms with Crippen molar-refractivity contribution in [1.82, 2.24) is 15.5 Å². The normalized spacial score (nSPS) is 24.8. The lowest BCUT2D eigenvalue weighted by molar-refractivity contribution is -0.139. The Labute approximate surface area is 226 Å². The van der Waals surface area contributed by atoms with Crippen LogP contribution in [-0.2, 0) is 14.3 Å². The molecule has 9 nitrogen and oxygen atoms in total. The molecule has 0 aromatic heterocycles. The van der Waals surface area contributed by atoms with Gasteiger partial charge in [0.1, 0.15) is 13.2 Å². The monoisotopic (exact) mass is 528 g/mol. The predicted molar refractivity (Wildman–Crippen MR) is 148 cm³/mol. The molecule has 9 heteroatoms. The van der Waals surface area contributed by atoms with Crippen molar-refractivity contribution in [2.45, 2.75) is 66.0 Å². The standard InChI is InChI=1S/C29H44N4O5/c1-21(2)25(34)37-14-15-38-27(36)31-23-16-28(4,5)19-29(6,17-23)20-30-26(35)33-13-12-32(18-22(33)3)24-10-8-7-9-11-24/h7-11,22-23H,1,12-20H2,2-6H3,(H,30,35)(H,31,36). The second-order valence-electron chi connectivity index (χ2n) is 11.9. The Morgan fingerprint density at radius 2 is 1.74 bits per heavy atom. The van der Waals surface area contributed by atoms with Crippen LogP contribution in [0.1, 0.15) is 53.9 Å². The van der Waals surface area contributed by atoms with Gasteiger partial charge in [0.25, 0.3) is 0 Å². The second-order valence-corrected chi connectivity index (χ2v) is 11.9. The van der Waals surface area contributed by atoms with E-state index in [1.807, 2.05) is 23.1 Å². The first-order valence-electron chi connectivity index (χ1n) is 13.5. The Morgan fingerprint density at radius 1 is 1.05 bits per heavy atom. The molecule has 210 valence electrons. The van der Waals surface area contributed by atoms with Crippen molar-refractivity contribution < 1.29 is 23.9 Å². The number of amides is 3. The molecule has 1 aromatic carbocycles. The molecule has 38 heavy (non-hydrogen) atoms. The number of benzene rings is 1. The minimum Gasteiger partial charge on any atom is -0.459 e. The summed E-state index contributed by atoms with van der Waals surface area (Å²) in [6, 6.07) is 10.3. The van der Waals surface area contributed by atoms with Gasteiger partial charge in [-0.1, -0.05) is 45.5 Å². The van der Waals surface area contributed by atoms with Crippen molar-refractivity contribution in [3.63, 3.8) is 0 Å². The molecule has 3 atom stereocenters. The number of hydrogen-bond acceptors (Lipinski definition) is 6. The van der Waals surface area contributed by atoms with E-state index in [-0.39, 0.29) is 42.2 Å². The highest BCUT2D eigenvalue weighted by molar-refractivity contribution is 5.86. The zero-order chi connectivity index (χ0) is 27.9. The molecule has 0 spiro atoms. The Hall–Kier alpha value is -3.23. The fourth-order valence-corrected chi connectivity index (χ4v) is 5.99. The number of esters is 1. The van der Waals surface area contributed by atoms with E-state index >= 15 is 0 Å². The lowest BCUT2D eigenvalue weighted by Crippen LogP contribution is -2.58. The van der Waals surface area contributed by atoms with Crippen molar-refractivity contribution in [2.75, 3.05) is 44.3 Å². The number of para-hydroxylation sites is 1. The average Bonchev–Trinajstić information content (AvgIpc) is 2.84. The number of piperazine rings is 1. The summed E-state index contributed by atoms with van der Waals surface area (Å²) in [6.07, 6.45) is 1.94. The maximum absolute atomic E-state index is 13.2. The number of carbonyl (C=O) groups excluding carboxylic acids is 3. The lowest BCUT2D eigenvalue weighted by Gasteiger charge is -2.47. The Kier molecular flexibility index (Phi) is 9.68. The van der Waals surface area contributed by atoms with E-state index in [2.05, 4.69) is 61.9 Å². The number of carbonyl (C=O) groups is 3. The quantitative estimate of drug-likeness (QED) is 0.296. The van der Waals surface area contributed by atoms with Crippen LogP contribution in [0.25, 0.3) is 0 Å². The molecule has 0 bridgehead atoms. The smallest absolute Gasteiger partial charge is 0.407 e. The van der Waals surface area contributed by atoms with E-state index in [1.54, 1.807) is 6.92 Å². The molecule has 2 N–H and O–H groups in total. The van der Waals surface area contributed by atoms with Gasteiger partial charge in [-0.05, 0) is 56.1 Å². The average molecular weight is 529 g/mol. The van der Waals surface area contributed by atoms with Crippen LogP contribution >= 0.6 is 0 Å². The van der Waals surface area contributed by atoms with Crippen LogP contribution in [0, 0.1) is 10.8 Å². The van der Waals surface area contributed by atoms with Gasteiger partial charge >= 0.3 is 18.1 Å². The molecule has 1 heterocycles. The maximum Gasteiger partial charge on any atom is 0.407 e. The third kappa shape index (κ3) is 8.39. The molecule has 1 aromatic rings. The summed E-state index contributed by atoms with van der Waals surface area (Å²) in [6.45, 7) is 16.5. The topological polar surface area (TPSA) is 100 Å². The molecule has 0 radical (unpaired) electrons. The van der Waals surface area contributed by atoms with Gasteiger partial charge < -0.3 is 29.9 Å². The van der Waals surface area contributed by atoms with Gasteiger partial charge in [-0.3, -0.25) is 0 Å². The van der Waals surface area contributed by atoms with E-state index < -0.39 is 12.1 Å².